The van der Waals surface area contributed by atoms with Crippen LogP contribution in [0.15, 0.2) is 70.4 Å². The Morgan fingerprint density at radius 3 is 2.33 bits per heavy atom. The fraction of sp³-hybridized carbons (Fsp3) is 0.150. The average molecular weight is 367 g/mol. The second kappa shape index (κ2) is 7.82. The number of aryl methyl sites for hydroxylation is 1. The van der Waals surface area contributed by atoms with E-state index < -0.39 is 23.7 Å². The molecular weight excluding hydrogens is 349 g/mol. The summed E-state index contributed by atoms with van der Waals surface area (Å²) in [5.74, 6) is -0.846. The molecule has 0 saturated heterocycles. The Kier molecular flexibility index (Phi) is 5.30. The first-order valence-electron chi connectivity index (χ1n) is 8.33. The molecule has 0 aliphatic heterocycles. The van der Waals surface area contributed by atoms with E-state index in [-0.39, 0.29) is 12.4 Å². The van der Waals surface area contributed by atoms with Gasteiger partial charge in [0, 0.05) is 18.0 Å². The van der Waals surface area contributed by atoms with E-state index in [4.69, 9.17) is 0 Å². The number of rotatable bonds is 5. The van der Waals surface area contributed by atoms with Gasteiger partial charge in [0.25, 0.3) is 5.56 Å². The lowest BCUT2D eigenvalue weighted by Crippen LogP contribution is -2.41. The van der Waals surface area contributed by atoms with E-state index in [9.17, 15) is 18.8 Å². The van der Waals surface area contributed by atoms with Crippen LogP contribution < -0.4 is 16.6 Å². The number of carbonyl (C=O) groups excluding carboxylic acids is 1. The van der Waals surface area contributed by atoms with Crippen LogP contribution >= 0.6 is 0 Å². The van der Waals surface area contributed by atoms with Crippen LogP contribution in [0.1, 0.15) is 11.1 Å². The molecule has 2 aromatic carbocycles. The maximum atomic E-state index is 13.0. The number of nitrogens with zero attached hydrogens (tertiary/aromatic N) is 2. The highest BCUT2D eigenvalue weighted by molar-refractivity contribution is 5.90. The van der Waals surface area contributed by atoms with Crippen LogP contribution in [0.4, 0.5) is 10.1 Å². The topological polar surface area (TPSA) is 73.1 Å². The van der Waals surface area contributed by atoms with E-state index in [1.54, 1.807) is 24.3 Å². The maximum Gasteiger partial charge on any atom is 0.331 e. The third-order valence-corrected chi connectivity index (χ3v) is 4.04. The number of benzene rings is 2. The van der Waals surface area contributed by atoms with Crippen LogP contribution in [0.5, 0.6) is 0 Å². The van der Waals surface area contributed by atoms with Crippen LogP contribution in [0, 0.1) is 12.7 Å². The predicted octanol–water partition coefficient (Wildman–Crippen LogP) is 2.14. The van der Waals surface area contributed by atoms with Gasteiger partial charge in [-0.05, 0) is 36.8 Å². The molecule has 0 atom stereocenters. The Balaban J connectivity index is 1.79. The van der Waals surface area contributed by atoms with Gasteiger partial charge in [-0.1, -0.05) is 29.8 Å². The van der Waals surface area contributed by atoms with Crippen LogP contribution in [0.25, 0.3) is 0 Å². The van der Waals surface area contributed by atoms with Crippen molar-refractivity contribution < 1.29 is 9.18 Å². The van der Waals surface area contributed by atoms with Crippen molar-refractivity contribution in [3.8, 4) is 0 Å². The monoisotopic (exact) mass is 367 g/mol. The Labute approximate surface area is 154 Å². The van der Waals surface area contributed by atoms with Crippen molar-refractivity contribution in [1.29, 1.82) is 0 Å². The highest BCUT2D eigenvalue weighted by atomic mass is 19.1. The van der Waals surface area contributed by atoms with E-state index in [0.29, 0.717) is 11.3 Å². The number of anilines is 1. The van der Waals surface area contributed by atoms with E-state index >= 15 is 0 Å². The first-order chi connectivity index (χ1) is 12.9. The van der Waals surface area contributed by atoms with Crippen LogP contribution in [0.2, 0.25) is 0 Å². The summed E-state index contributed by atoms with van der Waals surface area (Å²) in [5, 5.41) is 2.66. The standard InChI is InChI=1S/C20H18FN3O3/c1-14-2-8-17(9-3-14)22-18(25)13-24-19(26)10-11-23(20(24)27)12-15-4-6-16(21)7-5-15/h2-11H,12-13H2,1H3,(H,22,25). The van der Waals surface area contributed by atoms with Crippen molar-refractivity contribution in [3.05, 3.63) is 98.6 Å². The molecule has 1 heterocycles. The fourth-order valence-electron chi connectivity index (χ4n) is 2.59. The number of halogens is 1. The molecule has 138 valence electrons. The molecule has 0 saturated carbocycles. The zero-order chi connectivity index (χ0) is 19.4. The average Bonchev–Trinajstić information content (AvgIpc) is 2.65. The highest BCUT2D eigenvalue weighted by Gasteiger charge is 2.11. The molecule has 1 N–H and O–H groups in total. The summed E-state index contributed by atoms with van der Waals surface area (Å²) in [4.78, 5) is 36.8. The Morgan fingerprint density at radius 2 is 1.67 bits per heavy atom. The minimum Gasteiger partial charge on any atom is -0.325 e. The molecule has 3 rings (SSSR count). The van der Waals surface area contributed by atoms with Gasteiger partial charge in [0.1, 0.15) is 12.4 Å². The lowest BCUT2D eigenvalue weighted by molar-refractivity contribution is -0.116. The predicted molar refractivity (Wildman–Crippen MR) is 100 cm³/mol. The molecular formula is C20H18FN3O3. The molecule has 0 bridgehead atoms. The molecule has 1 aromatic heterocycles. The highest BCUT2D eigenvalue weighted by Crippen LogP contribution is 2.08. The number of nitrogens with one attached hydrogen (secondary N) is 1. The second-order valence-corrected chi connectivity index (χ2v) is 6.19. The molecule has 6 nitrogen and oxygen atoms in total. The van der Waals surface area contributed by atoms with Gasteiger partial charge in [0.05, 0.1) is 6.54 Å². The van der Waals surface area contributed by atoms with E-state index in [0.717, 1.165) is 10.1 Å². The van der Waals surface area contributed by atoms with Gasteiger partial charge in [-0.2, -0.15) is 0 Å². The second-order valence-electron chi connectivity index (χ2n) is 6.19. The quantitative estimate of drug-likeness (QED) is 0.751. The molecule has 0 radical (unpaired) electrons. The van der Waals surface area contributed by atoms with Gasteiger partial charge >= 0.3 is 5.69 Å². The Hall–Kier alpha value is -3.48. The molecule has 1 amide bonds. The van der Waals surface area contributed by atoms with Crippen LogP contribution in [0.3, 0.4) is 0 Å². The summed E-state index contributed by atoms with van der Waals surface area (Å²) in [6, 6.07) is 14.1. The number of amides is 1. The zero-order valence-corrected chi connectivity index (χ0v) is 14.7. The van der Waals surface area contributed by atoms with Crippen LogP contribution in [-0.4, -0.2) is 15.0 Å². The molecule has 3 aromatic rings. The summed E-state index contributed by atoms with van der Waals surface area (Å²) >= 11 is 0. The van der Waals surface area contributed by atoms with Gasteiger partial charge in [-0.15, -0.1) is 0 Å². The third kappa shape index (κ3) is 4.58. The van der Waals surface area contributed by atoms with E-state index in [2.05, 4.69) is 5.32 Å². The molecule has 27 heavy (non-hydrogen) atoms. The van der Waals surface area contributed by atoms with Gasteiger partial charge in [0.15, 0.2) is 0 Å². The number of hydrogen-bond acceptors (Lipinski definition) is 3. The smallest absolute Gasteiger partial charge is 0.325 e. The van der Waals surface area contributed by atoms with Gasteiger partial charge < -0.3 is 5.32 Å². The minimum atomic E-state index is -0.606. The Morgan fingerprint density at radius 1 is 1.00 bits per heavy atom. The van der Waals surface area contributed by atoms with Crippen molar-refractivity contribution in [2.75, 3.05) is 5.32 Å². The largest absolute Gasteiger partial charge is 0.331 e. The van der Waals surface area contributed by atoms with Crippen molar-refractivity contribution in [2.24, 2.45) is 0 Å². The van der Waals surface area contributed by atoms with Crippen LogP contribution in [-0.2, 0) is 17.9 Å². The van der Waals surface area contributed by atoms with Crippen molar-refractivity contribution in [2.45, 2.75) is 20.0 Å². The van der Waals surface area contributed by atoms with E-state index in [1.807, 2.05) is 19.1 Å². The zero-order valence-electron chi connectivity index (χ0n) is 14.7. The normalized spacial score (nSPS) is 10.6. The van der Waals surface area contributed by atoms with Gasteiger partial charge in [-0.3, -0.25) is 18.7 Å². The number of carbonyl (C=O) groups is 1. The van der Waals surface area contributed by atoms with E-state index in [1.165, 1.54) is 29.0 Å². The van der Waals surface area contributed by atoms with Crippen molar-refractivity contribution in [1.82, 2.24) is 9.13 Å². The number of aromatic nitrogens is 2. The lowest BCUT2D eigenvalue weighted by atomic mass is 10.2. The molecule has 7 heteroatoms. The minimum absolute atomic E-state index is 0.166. The van der Waals surface area contributed by atoms with Gasteiger partial charge in [0.2, 0.25) is 5.91 Å². The first-order valence-corrected chi connectivity index (χ1v) is 8.33. The lowest BCUT2D eigenvalue weighted by Gasteiger charge is -2.10. The summed E-state index contributed by atoms with van der Waals surface area (Å²) in [5.41, 5.74) is 1.17. The maximum absolute atomic E-state index is 13.0. The molecule has 0 unspecified atom stereocenters. The number of hydrogen-bond donors (Lipinski definition) is 1. The van der Waals surface area contributed by atoms with Crippen molar-refractivity contribution in [3.63, 3.8) is 0 Å². The molecule has 0 fully saturated rings. The van der Waals surface area contributed by atoms with Gasteiger partial charge in [-0.25, -0.2) is 9.18 Å². The summed E-state index contributed by atoms with van der Waals surface area (Å²) in [6.07, 6.45) is 1.36. The third-order valence-electron chi connectivity index (χ3n) is 4.04. The summed E-state index contributed by atoms with van der Waals surface area (Å²) < 4.78 is 15.2. The molecule has 0 spiro atoms. The fourth-order valence-corrected chi connectivity index (χ4v) is 2.59. The Bertz CT molecular complexity index is 1070. The SMILES string of the molecule is Cc1ccc(NC(=O)Cn2c(=O)ccn(Cc3ccc(F)cc3)c2=O)cc1. The van der Waals surface area contributed by atoms with Crippen molar-refractivity contribution >= 4 is 11.6 Å². The molecule has 0 aliphatic rings. The molecule has 0 aliphatic carbocycles. The summed E-state index contributed by atoms with van der Waals surface area (Å²) in [7, 11) is 0. The first kappa shape index (κ1) is 18.3. The summed E-state index contributed by atoms with van der Waals surface area (Å²) in [6.45, 7) is 1.70.